The Labute approximate surface area is 116 Å². The normalized spacial score (nSPS) is 16.3. The topological polar surface area (TPSA) is 24.5 Å². The Kier molecular flexibility index (Phi) is 5.52. The summed E-state index contributed by atoms with van der Waals surface area (Å²) in [5.74, 6) is 1.71. The Hall–Kier alpha value is -1.22. The van der Waals surface area contributed by atoms with Gasteiger partial charge in [0.05, 0.1) is 6.61 Å². The molecule has 0 unspecified atom stereocenters. The first kappa shape index (κ1) is 14.2. The van der Waals surface area contributed by atoms with Crippen LogP contribution in [0, 0.1) is 5.92 Å². The summed E-state index contributed by atoms with van der Waals surface area (Å²) in [4.78, 5) is 2.34. The third kappa shape index (κ3) is 4.13. The first-order chi connectivity index (χ1) is 9.33. The van der Waals surface area contributed by atoms with Gasteiger partial charge in [-0.15, -0.1) is 0 Å². The summed E-state index contributed by atoms with van der Waals surface area (Å²) in [6.45, 7) is 9.56. The summed E-state index contributed by atoms with van der Waals surface area (Å²) >= 11 is 0. The third-order valence-corrected chi connectivity index (χ3v) is 3.89. The molecule has 1 aliphatic heterocycles. The number of hydrogen-bond donors (Lipinski definition) is 1. The predicted molar refractivity (Wildman–Crippen MR) is 81.1 cm³/mol. The highest BCUT2D eigenvalue weighted by atomic mass is 16.5. The molecule has 1 fully saturated rings. The van der Waals surface area contributed by atoms with Gasteiger partial charge in [0.2, 0.25) is 0 Å². The van der Waals surface area contributed by atoms with E-state index in [1.807, 2.05) is 0 Å². The summed E-state index contributed by atoms with van der Waals surface area (Å²) in [7, 11) is 0. The zero-order valence-electron chi connectivity index (χ0n) is 12.2. The van der Waals surface area contributed by atoms with Gasteiger partial charge in [-0.2, -0.15) is 0 Å². The van der Waals surface area contributed by atoms with Gasteiger partial charge in [-0.05, 0) is 57.8 Å². The molecule has 106 valence electrons. The first-order valence-electron chi connectivity index (χ1n) is 7.52. The van der Waals surface area contributed by atoms with Crippen molar-refractivity contribution in [2.45, 2.75) is 26.7 Å². The minimum absolute atomic E-state index is 0.707. The van der Waals surface area contributed by atoms with Crippen molar-refractivity contribution in [1.29, 1.82) is 0 Å². The van der Waals surface area contributed by atoms with Crippen LogP contribution in [0.25, 0.3) is 0 Å². The van der Waals surface area contributed by atoms with Crippen molar-refractivity contribution in [2.24, 2.45) is 5.92 Å². The number of hydrogen-bond acceptors (Lipinski definition) is 3. The largest absolute Gasteiger partial charge is 0.493 e. The van der Waals surface area contributed by atoms with Gasteiger partial charge in [0.25, 0.3) is 0 Å². The van der Waals surface area contributed by atoms with Crippen molar-refractivity contribution in [1.82, 2.24) is 5.32 Å². The molecule has 3 heteroatoms. The van der Waals surface area contributed by atoms with Crippen LogP contribution in [0.5, 0.6) is 5.75 Å². The molecule has 0 spiro atoms. The molecule has 1 aromatic carbocycles. The van der Waals surface area contributed by atoms with Crippen LogP contribution in [-0.2, 0) is 0 Å². The average Bonchev–Trinajstić information content (AvgIpc) is 2.48. The van der Waals surface area contributed by atoms with Crippen LogP contribution in [0.3, 0.4) is 0 Å². The van der Waals surface area contributed by atoms with Crippen molar-refractivity contribution in [3.05, 3.63) is 24.3 Å². The minimum atomic E-state index is 0.707. The van der Waals surface area contributed by atoms with Crippen LogP contribution in [0.15, 0.2) is 24.3 Å². The Morgan fingerprint density at radius 3 is 2.63 bits per heavy atom. The molecule has 3 nitrogen and oxygen atoms in total. The lowest BCUT2D eigenvalue weighted by Crippen LogP contribution is -2.30. The summed E-state index contributed by atoms with van der Waals surface area (Å²) in [6.07, 6.45) is 2.46. The fourth-order valence-corrected chi connectivity index (χ4v) is 2.62. The number of benzene rings is 1. The molecule has 1 heterocycles. The van der Waals surface area contributed by atoms with Crippen LogP contribution in [0.4, 0.5) is 5.69 Å². The Balaban J connectivity index is 1.90. The second kappa shape index (κ2) is 7.39. The van der Waals surface area contributed by atoms with Gasteiger partial charge in [-0.25, -0.2) is 0 Å². The molecule has 2 rings (SSSR count). The lowest BCUT2D eigenvalue weighted by atomic mass is 9.99. The molecule has 0 radical (unpaired) electrons. The van der Waals surface area contributed by atoms with Crippen LogP contribution >= 0.6 is 0 Å². The van der Waals surface area contributed by atoms with E-state index in [1.165, 1.54) is 18.5 Å². The Morgan fingerprint density at radius 2 is 1.95 bits per heavy atom. The van der Waals surface area contributed by atoms with Crippen LogP contribution in [0.1, 0.15) is 26.7 Å². The summed E-state index contributed by atoms with van der Waals surface area (Å²) in [5.41, 5.74) is 1.26. The van der Waals surface area contributed by atoms with Gasteiger partial charge in [-0.3, -0.25) is 0 Å². The molecule has 0 bridgehead atoms. The fraction of sp³-hybridized carbons (Fsp3) is 0.625. The molecule has 0 aliphatic carbocycles. The van der Waals surface area contributed by atoms with Crippen LogP contribution in [0.2, 0.25) is 0 Å². The molecule has 0 amide bonds. The summed E-state index contributed by atoms with van der Waals surface area (Å²) in [5, 5.41) is 3.39. The third-order valence-electron chi connectivity index (χ3n) is 3.89. The van der Waals surface area contributed by atoms with Crippen molar-refractivity contribution in [3.63, 3.8) is 0 Å². The quantitative estimate of drug-likeness (QED) is 0.853. The molecule has 1 aromatic rings. The minimum Gasteiger partial charge on any atom is -0.493 e. The number of ether oxygens (including phenoxy) is 1. The number of anilines is 1. The van der Waals surface area contributed by atoms with Gasteiger partial charge >= 0.3 is 0 Å². The number of piperidine rings is 1. The van der Waals surface area contributed by atoms with Gasteiger partial charge in [-0.1, -0.05) is 6.07 Å². The van der Waals surface area contributed by atoms with Crippen molar-refractivity contribution in [3.8, 4) is 5.75 Å². The molecule has 0 atom stereocenters. The van der Waals surface area contributed by atoms with E-state index >= 15 is 0 Å². The van der Waals surface area contributed by atoms with Crippen molar-refractivity contribution in [2.75, 3.05) is 37.7 Å². The molecule has 19 heavy (non-hydrogen) atoms. The molecule has 0 aromatic heterocycles. The number of nitrogens with zero attached hydrogens (tertiary/aromatic N) is 1. The number of nitrogens with one attached hydrogen (secondary N) is 1. The van der Waals surface area contributed by atoms with Crippen LogP contribution in [-0.4, -0.2) is 32.8 Å². The standard InChI is InChI=1S/C16H26N2O/c1-3-18(4-2)15-6-5-7-16(12-15)19-13-14-8-10-17-11-9-14/h5-7,12,14,17H,3-4,8-11,13H2,1-2H3. The number of rotatable bonds is 6. The van der Waals surface area contributed by atoms with Gasteiger partial charge in [0, 0.05) is 24.8 Å². The second-order valence-electron chi connectivity index (χ2n) is 5.17. The maximum atomic E-state index is 5.97. The first-order valence-corrected chi connectivity index (χ1v) is 7.52. The van der Waals surface area contributed by atoms with Crippen molar-refractivity contribution >= 4 is 5.69 Å². The smallest absolute Gasteiger partial charge is 0.121 e. The van der Waals surface area contributed by atoms with Crippen molar-refractivity contribution < 1.29 is 4.74 Å². The highest BCUT2D eigenvalue weighted by Gasteiger charge is 2.13. The molecule has 1 N–H and O–H groups in total. The molecule has 1 aliphatic rings. The Bertz CT molecular complexity index is 371. The SMILES string of the molecule is CCN(CC)c1cccc(OCC2CCNCC2)c1. The van der Waals surface area contributed by atoms with E-state index in [1.54, 1.807) is 0 Å². The monoisotopic (exact) mass is 262 g/mol. The van der Waals surface area contributed by atoms with Gasteiger partial charge < -0.3 is 15.0 Å². The van der Waals surface area contributed by atoms with E-state index < -0.39 is 0 Å². The lowest BCUT2D eigenvalue weighted by molar-refractivity contribution is 0.215. The van der Waals surface area contributed by atoms with Crippen LogP contribution < -0.4 is 15.0 Å². The van der Waals surface area contributed by atoms with E-state index in [0.717, 1.165) is 38.5 Å². The zero-order valence-corrected chi connectivity index (χ0v) is 12.2. The summed E-state index contributed by atoms with van der Waals surface area (Å²) in [6, 6.07) is 8.47. The predicted octanol–water partition coefficient (Wildman–Crippen LogP) is 2.91. The Morgan fingerprint density at radius 1 is 1.21 bits per heavy atom. The summed E-state index contributed by atoms with van der Waals surface area (Å²) < 4.78 is 5.97. The highest BCUT2D eigenvalue weighted by molar-refractivity contribution is 5.50. The zero-order chi connectivity index (χ0) is 13.5. The molecule has 0 saturated carbocycles. The fourth-order valence-electron chi connectivity index (χ4n) is 2.62. The molecular formula is C16H26N2O. The van der Waals surface area contributed by atoms with E-state index in [-0.39, 0.29) is 0 Å². The lowest BCUT2D eigenvalue weighted by Gasteiger charge is -2.24. The highest BCUT2D eigenvalue weighted by Crippen LogP contribution is 2.22. The maximum absolute atomic E-state index is 5.97. The van der Waals surface area contributed by atoms with E-state index in [4.69, 9.17) is 4.74 Å². The van der Waals surface area contributed by atoms with E-state index in [9.17, 15) is 0 Å². The van der Waals surface area contributed by atoms with Gasteiger partial charge in [0.15, 0.2) is 0 Å². The second-order valence-corrected chi connectivity index (χ2v) is 5.17. The molecular weight excluding hydrogens is 236 g/mol. The van der Waals surface area contributed by atoms with E-state index in [2.05, 4.69) is 48.3 Å². The molecule has 1 saturated heterocycles. The average molecular weight is 262 g/mol. The van der Waals surface area contributed by atoms with Gasteiger partial charge in [0.1, 0.15) is 5.75 Å². The van der Waals surface area contributed by atoms with E-state index in [0.29, 0.717) is 5.92 Å². The maximum Gasteiger partial charge on any atom is 0.121 e.